The molecule has 1 amide bonds. The standard InChI is InChI=1S/C18H18ClNO5/c1-12(18(22)20-15-5-3-4-6-16(15)23-2)25-17(21)11-24-14-9-7-13(19)8-10-14/h3-10,12H,11H2,1-2H3,(H,20,22). The number of amides is 1. The molecular formula is C18H18ClNO5. The van der Waals surface area contributed by atoms with Crippen LogP contribution in [0.25, 0.3) is 0 Å². The molecule has 1 atom stereocenters. The molecule has 25 heavy (non-hydrogen) atoms. The summed E-state index contributed by atoms with van der Waals surface area (Å²) in [7, 11) is 1.50. The molecule has 0 aliphatic heterocycles. The summed E-state index contributed by atoms with van der Waals surface area (Å²) in [6.45, 7) is 1.17. The van der Waals surface area contributed by atoms with Crippen LogP contribution in [0.1, 0.15) is 6.92 Å². The first kappa shape index (κ1) is 18.6. The molecule has 0 aliphatic rings. The summed E-state index contributed by atoms with van der Waals surface area (Å²) in [5, 5.41) is 3.22. The molecular weight excluding hydrogens is 346 g/mol. The van der Waals surface area contributed by atoms with Crippen molar-refractivity contribution in [2.24, 2.45) is 0 Å². The highest BCUT2D eigenvalue weighted by Crippen LogP contribution is 2.23. The minimum atomic E-state index is -0.980. The Morgan fingerprint density at radius 1 is 1.12 bits per heavy atom. The van der Waals surface area contributed by atoms with Gasteiger partial charge >= 0.3 is 5.97 Å². The average molecular weight is 364 g/mol. The molecule has 7 heteroatoms. The van der Waals surface area contributed by atoms with Gasteiger partial charge in [-0.3, -0.25) is 4.79 Å². The third-order valence-electron chi connectivity index (χ3n) is 3.21. The molecule has 0 heterocycles. The lowest BCUT2D eigenvalue weighted by atomic mass is 10.2. The van der Waals surface area contributed by atoms with E-state index in [-0.39, 0.29) is 6.61 Å². The van der Waals surface area contributed by atoms with Crippen LogP contribution >= 0.6 is 11.6 Å². The van der Waals surface area contributed by atoms with E-state index in [1.807, 2.05) is 0 Å². The predicted molar refractivity (Wildman–Crippen MR) is 94.1 cm³/mol. The topological polar surface area (TPSA) is 73.9 Å². The average Bonchev–Trinajstić information content (AvgIpc) is 2.61. The maximum atomic E-state index is 12.1. The third kappa shape index (κ3) is 5.69. The maximum Gasteiger partial charge on any atom is 0.344 e. The van der Waals surface area contributed by atoms with Crippen LogP contribution in [0.15, 0.2) is 48.5 Å². The Hall–Kier alpha value is -2.73. The van der Waals surface area contributed by atoms with Crippen molar-refractivity contribution in [2.75, 3.05) is 19.0 Å². The van der Waals surface area contributed by atoms with Crippen molar-refractivity contribution >= 4 is 29.2 Å². The van der Waals surface area contributed by atoms with Crippen molar-refractivity contribution in [3.05, 3.63) is 53.6 Å². The quantitative estimate of drug-likeness (QED) is 0.764. The lowest BCUT2D eigenvalue weighted by molar-refractivity contribution is -0.155. The Balaban J connectivity index is 1.83. The fourth-order valence-corrected chi connectivity index (χ4v) is 2.07. The number of para-hydroxylation sites is 2. The van der Waals surface area contributed by atoms with Crippen molar-refractivity contribution in [2.45, 2.75) is 13.0 Å². The van der Waals surface area contributed by atoms with Crippen LogP contribution in [0.3, 0.4) is 0 Å². The van der Waals surface area contributed by atoms with Crippen LogP contribution < -0.4 is 14.8 Å². The van der Waals surface area contributed by atoms with Gasteiger partial charge in [0.1, 0.15) is 11.5 Å². The number of carbonyl (C=O) groups is 2. The third-order valence-corrected chi connectivity index (χ3v) is 3.46. The number of benzene rings is 2. The summed E-state index contributed by atoms with van der Waals surface area (Å²) < 4.78 is 15.5. The Morgan fingerprint density at radius 2 is 1.80 bits per heavy atom. The molecule has 1 N–H and O–H groups in total. The van der Waals surface area contributed by atoms with Gasteiger partial charge in [-0.15, -0.1) is 0 Å². The highest BCUT2D eigenvalue weighted by atomic mass is 35.5. The number of rotatable bonds is 7. The number of carbonyl (C=O) groups excluding carboxylic acids is 2. The van der Waals surface area contributed by atoms with Crippen molar-refractivity contribution < 1.29 is 23.8 Å². The van der Waals surface area contributed by atoms with Crippen molar-refractivity contribution in [1.29, 1.82) is 0 Å². The second-order valence-corrected chi connectivity index (χ2v) is 5.50. The number of methoxy groups -OCH3 is 1. The monoisotopic (exact) mass is 363 g/mol. The molecule has 2 rings (SSSR count). The summed E-state index contributed by atoms with van der Waals surface area (Å²) in [6.07, 6.45) is -0.980. The first-order chi connectivity index (χ1) is 12.0. The number of halogens is 1. The first-order valence-corrected chi connectivity index (χ1v) is 7.89. The Bertz CT molecular complexity index is 733. The summed E-state index contributed by atoms with van der Waals surface area (Å²) in [5.74, 6) is -0.130. The van der Waals surface area contributed by atoms with Crippen molar-refractivity contribution in [3.8, 4) is 11.5 Å². The molecule has 0 aliphatic carbocycles. The minimum absolute atomic E-state index is 0.312. The number of ether oxygens (including phenoxy) is 3. The van der Waals surface area contributed by atoms with Crippen molar-refractivity contribution in [1.82, 2.24) is 0 Å². The van der Waals surface area contributed by atoms with E-state index in [0.29, 0.717) is 22.2 Å². The largest absolute Gasteiger partial charge is 0.495 e. The Morgan fingerprint density at radius 3 is 2.48 bits per heavy atom. The molecule has 1 unspecified atom stereocenters. The van der Waals surface area contributed by atoms with E-state index in [2.05, 4.69) is 5.32 Å². The van der Waals surface area contributed by atoms with Gasteiger partial charge in [-0.25, -0.2) is 4.79 Å². The van der Waals surface area contributed by atoms with Crippen LogP contribution in [0, 0.1) is 0 Å². The number of anilines is 1. The molecule has 2 aromatic carbocycles. The summed E-state index contributed by atoms with van der Waals surface area (Å²) in [6, 6.07) is 13.5. The highest BCUT2D eigenvalue weighted by molar-refractivity contribution is 6.30. The zero-order valence-electron chi connectivity index (χ0n) is 13.8. The fraction of sp³-hybridized carbons (Fsp3) is 0.222. The Kier molecular flexibility index (Phi) is 6.65. The van der Waals surface area contributed by atoms with Gasteiger partial charge in [-0.05, 0) is 43.3 Å². The normalized spacial score (nSPS) is 11.3. The molecule has 132 valence electrons. The van der Waals surface area contributed by atoms with Crippen LogP contribution in [0.4, 0.5) is 5.69 Å². The zero-order chi connectivity index (χ0) is 18.2. The molecule has 0 spiro atoms. The van der Waals surface area contributed by atoms with E-state index in [1.54, 1.807) is 48.5 Å². The summed E-state index contributed by atoms with van der Waals surface area (Å²) in [5.41, 5.74) is 0.496. The van der Waals surface area contributed by atoms with Crippen LogP contribution in [0.2, 0.25) is 5.02 Å². The van der Waals surface area contributed by atoms with Gasteiger partial charge in [0.25, 0.3) is 5.91 Å². The second-order valence-electron chi connectivity index (χ2n) is 5.06. The number of hydrogen-bond donors (Lipinski definition) is 1. The van der Waals surface area contributed by atoms with Crippen LogP contribution in [-0.2, 0) is 14.3 Å². The van der Waals surface area contributed by atoms with Gasteiger partial charge in [0.2, 0.25) is 0 Å². The lowest BCUT2D eigenvalue weighted by Crippen LogP contribution is -2.31. The molecule has 0 aromatic heterocycles. The number of nitrogens with one attached hydrogen (secondary N) is 1. The van der Waals surface area contributed by atoms with Gasteiger partial charge in [0.05, 0.1) is 12.8 Å². The van der Waals surface area contributed by atoms with E-state index < -0.39 is 18.0 Å². The number of esters is 1. The second kappa shape index (κ2) is 8.94. The number of hydrogen-bond acceptors (Lipinski definition) is 5. The maximum absolute atomic E-state index is 12.1. The van der Waals surface area contributed by atoms with E-state index in [4.69, 9.17) is 25.8 Å². The molecule has 6 nitrogen and oxygen atoms in total. The highest BCUT2D eigenvalue weighted by Gasteiger charge is 2.19. The lowest BCUT2D eigenvalue weighted by Gasteiger charge is -2.15. The zero-order valence-corrected chi connectivity index (χ0v) is 14.6. The van der Waals surface area contributed by atoms with E-state index in [9.17, 15) is 9.59 Å². The first-order valence-electron chi connectivity index (χ1n) is 7.51. The van der Waals surface area contributed by atoms with Gasteiger partial charge in [-0.1, -0.05) is 23.7 Å². The summed E-state index contributed by atoms with van der Waals surface area (Å²) in [4.78, 5) is 23.9. The van der Waals surface area contributed by atoms with Crippen LogP contribution in [-0.4, -0.2) is 31.7 Å². The van der Waals surface area contributed by atoms with E-state index >= 15 is 0 Å². The molecule has 2 aromatic rings. The molecule has 0 fully saturated rings. The predicted octanol–water partition coefficient (Wildman–Crippen LogP) is 3.30. The van der Waals surface area contributed by atoms with Gasteiger partial charge < -0.3 is 19.5 Å². The smallest absolute Gasteiger partial charge is 0.344 e. The van der Waals surface area contributed by atoms with Gasteiger partial charge in [-0.2, -0.15) is 0 Å². The minimum Gasteiger partial charge on any atom is -0.495 e. The van der Waals surface area contributed by atoms with E-state index in [0.717, 1.165) is 0 Å². The molecule has 0 radical (unpaired) electrons. The Labute approximate surface area is 150 Å². The van der Waals surface area contributed by atoms with E-state index in [1.165, 1.54) is 14.0 Å². The molecule has 0 bridgehead atoms. The fourth-order valence-electron chi connectivity index (χ4n) is 1.94. The SMILES string of the molecule is COc1ccccc1NC(=O)C(C)OC(=O)COc1ccc(Cl)cc1. The summed E-state index contributed by atoms with van der Waals surface area (Å²) >= 11 is 5.77. The molecule has 0 saturated heterocycles. The van der Waals surface area contributed by atoms with Crippen molar-refractivity contribution in [3.63, 3.8) is 0 Å². The van der Waals surface area contributed by atoms with Crippen LogP contribution in [0.5, 0.6) is 11.5 Å². The van der Waals surface area contributed by atoms with Gasteiger partial charge in [0, 0.05) is 5.02 Å². The van der Waals surface area contributed by atoms with Gasteiger partial charge in [0.15, 0.2) is 12.7 Å². The molecule has 0 saturated carbocycles.